The molecule has 1 atom stereocenters. The lowest BCUT2D eigenvalue weighted by Crippen LogP contribution is -2.47. The second-order valence-corrected chi connectivity index (χ2v) is 7.27. The summed E-state index contributed by atoms with van der Waals surface area (Å²) < 4.78 is 1.83. The molecule has 0 radical (unpaired) electrons. The topological polar surface area (TPSA) is 62.2 Å². The maximum Gasteiger partial charge on any atom is 0.315 e. The van der Waals surface area contributed by atoms with Crippen LogP contribution in [0.3, 0.4) is 0 Å². The predicted octanol–water partition coefficient (Wildman–Crippen LogP) is 2.32. The molecule has 2 amide bonds. The number of nitrogens with one attached hydrogen (secondary N) is 2. The lowest BCUT2D eigenvalue weighted by molar-refractivity contribution is 0.140. The molecule has 1 aliphatic heterocycles. The van der Waals surface area contributed by atoms with Gasteiger partial charge in [0.1, 0.15) is 0 Å². The largest absolute Gasteiger partial charge is 0.337 e. The van der Waals surface area contributed by atoms with Crippen LogP contribution < -0.4 is 10.6 Å². The molecule has 1 aliphatic carbocycles. The molecular weight excluding hydrogens is 302 g/mol. The average Bonchev–Trinajstić information content (AvgIpc) is 3.20. The first-order valence-corrected chi connectivity index (χ1v) is 9.40. The SMILES string of the molecule is Cc1c(CNC(=O)NC[C@@H]2CCCN2C2CCCCC2)cnn1C. The van der Waals surface area contributed by atoms with Crippen molar-refractivity contribution in [1.82, 2.24) is 25.3 Å². The highest BCUT2D eigenvalue weighted by molar-refractivity contribution is 5.73. The number of likely N-dealkylation sites (tertiary alicyclic amines) is 1. The van der Waals surface area contributed by atoms with Gasteiger partial charge < -0.3 is 10.6 Å². The molecule has 134 valence electrons. The van der Waals surface area contributed by atoms with E-state index in [-0.39, 0.29) is 6.03 Å². The van der Waals surface area contributed by atoms with Gasteiger partial charge in [-0.2, -0.15) is 5.10 Å². The Morgan fingerprint density at radius 2 is 2.00 bits per heavy atom. The Morgan fingerprint density at radius 3 is 2.71 bits per heavy atom. The highest BCUT2D eigenvalue weighted by atomic mass is 16.2. The van der Waals surface area contributed by atoms with Crippen LogP contribution in [0.25, 0.3) is 0 Å². The van der Waals surface area contributed by atoms with Crippen molar-refractivity contribution < 1.29 is 4.79 Å². The van der Waals surface area contributed by atoms with Gasteiger partial charge in [0.15, 0.2) is 0 Å². The molecule has 2 aliphatic rings. The number of aromatic nitrogens is 2. The molecule has 2 fully saturated rings. The minimum Gasteiger partial charge on any atom is -0.337 e. The molecule has 2 N–H and O–H groups in total. The number of urea groups is 1. The molecule has 0 aromatic carbocycles. The molecule has 1 aromatic rings. The zero-order valence-electron chi connectivity index (χ0n) is 15.1. The summed E-state index contributed by atoms with van der Waals surface area (Å²) in [5.41, 5.74) is 2.16. The van der Waals surface area contributed by atoms with E-state index in [9.17, 15) is 4.79 Å². The maximum absolute atomic E-state index is 12.1. The van der Waals surface area contributed by atoms with Crippen molar-refractivity contribution in [2.45, 2.75) is 70.5 Å². The second kappa shape index (κ2) is 8.01. The van der Waals surface area contributed by atoms with Crippen LogP contribution in [0.15, 0.2) is 6.20 Å². The van der Waals surface area contributed by atoms with Crippen molar-refractivity contribution in [3.63, 3.8) is 0 Å². The van der Waals surface area contributed by atoms with Gasteiger partial charge in [0, 0.05) is 43.5 Å². The number of carbonyl (C=O) groups is 1. The van der Waals surface area contributed by atoms with E-state index in [4.69, 9.17) is 0 Å². The molecule has 3 rings (SSSR count). The Labute approximate surface area is 145 Å². The van der Waals surface area contributed by atoms with Crippen molar-refractivity contribution in [2.24, 2.45) is 7.05 Å². The summed E-state index contributed by atoms with van der Waals surface area (Å²) in [5, 5.41) is 10.2. The molecule has 6 nitrogen and oxygen atoms in total. The first-order valence-electron chi connectivity index (χ1n) is 9.40. The predicted molar refractivity (Wildman–Crippen MR) is 94.8 cm³/mol. The van der Waals surface area contributed by atoms with Gasteiger partial charge in [-0.05, 0) is 39.2 Å². The molecule has 24 heavy (non-hydrogen) atoms. The molecule has 0 bridgehead atoms. The summed E-state index contributed by atoms with van der Waals surface area (Å²) in [6.07, 6.45) is 11.1. The summed E-state index contributed by atoms with van der Waals surface area (Å²) >= 11 is 0. The molecule has 2 heterocycles. The number of hydrogen-bond donors (Lipinski definition) is 2. The summed E-state index contributed by atoms with van der Waals surface area (Å²) in [5.74, 6) is 0. The van der Waals surface area contributed by atoms with Gasteiger partial charge in [-0.15, -0.1) is 0 Å². The van der Waals surface area contributed by atoms with Crippen molar-refractivity contribution in [2.75, 3.05) is 13.1 Å². The van der Waals surface area contributed by atoms with E-state index < -0.39 is 0 Å². The standard InChI is InChI=1S/C18H31N5O/c1-14-15(12-21-22(14)2)11-19-18(24)20-13-17-9-6-10-23(17)16-7-4-3-5-8-16/h12,16-17H,3-11,13H2,1-2H3,(H2,19,20,24)/t17-/m0/s1. The summed E-state index contributed by atoms with van der Waals surface area (Å²) in [7, 11) is 1.92. The summed E-state index contributed by atoms with van der Waals surface area (Å²) in [4.78, 5) is 14.8. The Hall–Kier alpha value is -1.56. The lowest BCUT2D eigenvalue weighted by Gasteiger charge is -2.35. The number of hydrogen-bond acceptors (Lipinski definition) is 3. The van der Waals surface area contributed by atoms with Crippen LogP contribution in [0, 0.1) is 6.92 Å². The van der Waals surface area contributed by atoms with E-state index in [0.717, 1.165) is 23.8 Å². The number of amides is 2. The molecule has 1 aromatic heterocycles. The van der Waals surface area contributed by atoms with E-state index >= 15 is 0 Å². The number of nitrogens with zero attached hydrogens (tertiary/aromatic N) is 3. The van der Waals surface area contributed by atoms with E-state index in [1.165, 1.54) is 51.5 Å². The van der Waals surface area contributed by atoms with E-state index in [1.807, 2.05) is 24.9 Å². The third kappa shape index (κ3) is 4.09. The molecule has 0 unspecified atom stereocenters. The normalized spacial score (nSPS) is 22.7. The van der Waals surface area contributed by atoms with Gasteiger partial charge in [-0.25, -0.2) is 4.79 Å². The fourth-order valence-electron chi connectivity index (χ4n) is 4.14. The molecule has 0 spiro atoms. The second-order valence-electron chi connectivity index (χ2n) is 7.27. The Balaban J connectivity index is 1.42. The van der Waals surface area contributed by atoms with Gasteiger partial charge in [0.2, 0.25) is 0 Å². The van der Waals surface area contributed by atoms with Gasteiger partial charge in [0.05, 0.1) is 6.20 Å². The van der Waals surface area contributed by atoms with Crippen molar-refractivity contribution >= 4 is 6.03 Å². The van der Waals surface area contributed by atoms with Gasteiger partial charge in [-0.1, -0.05) is 19.3 Å². The average molecular weight is 333 g/mol. The highest BCUT2D eigenvalue weighted by Crippen LogP contribution is 2.28. The fourth-order valence-corrected chi connectivity index (χ4v) is 4.14. The van der Waals surface area contributed by atoms with Crippen LogP contribution in [0.5, 0.6) is 0 Å². The first-order chi connectivity index (χ1) is 11.6. The monoisotopic (exact) mass is 333 g/mol. The smallest absolute Gasteiger partial charge is 0.315 e. The summed E-state index contributed by atoms with van der Waals surface area (Å²) in [6, 6.07) is 1.18. The van der Waals surface area contributed by atoms with E-state index in [1.54, 1.807) is 0 Å². The van der Waals surface area contributed by atoms with E-state index in [0.29, 0.717) is 12.6 Å². The van der Waals surface area contributed by atoms with Crippen LogP contribution >= 0.6 is 0 Å². The van der Waals surface area contributed by atoms with Crippen molar-refractivity contribution in [3.8, 4) is 0 Å². The maximum atomic E-state index is 12.1. The highest BCUT2D eigenvalue weighted by Gasteiger charge is 2.31. The van der Waals surface area contributed by atoms with Gasteiger partial charge in [-0.3, -0.25) is 9.58 Å². The number of carbonyl (C=O) groups excluding carboxylic acids is 1. The fraction of sp³-hybridized carbons (Fsp3) is 0.778. The van der Waals surface area contributed by atoms with Crippen LogP contribution in [0.2, 0.25) is 0 Å². The quantitative estimate of drug-likeness (QED) is 0.869. The van der Waals surface area contributed by atoms with Crippen LogP contribution in [-0.2, 0) is 13.6 Å². The Kier molecular flexibility index (Phi) is 5.76. The van der Waals surface area contributed by atoms with Crippen LogP contribution in [0.1, 0.15) is 56.2 Å². The summed E-state index contributed by atoms with van der Waals surface area (Å²) in [6.45, 7) is 4.51. The van der Waals surface area contributed by atoms with Gasteiger partial charge >= 0.3 is 6.03 Å². The Morgan fingerprint density at radius 1 is 1.21 bits per heavy atom. The molecule has 6 heteroatoms. The third-order valence-electron chi connectivity index (χ3n) is 5.74. The first kappa shape index (κ1) is 17.3. The molecule has 1 saturated heterocycles. The molecular formula is C18H31N5O. The van der Waals surface area contributed by atoms with Crippen LogP contribution in [-0.4, -0.2) is 45.9 Å². The number of rotatable bonds is 5. The zero-order chi connectivity index (χ0) is 16.9. The van der Waals surface area contributed by atoms with Gasteiger partial charge in [0.25, 0.3) is 0 Å². The Bertz CT molecular complexity index is 550. The third-order valence-corrected chi connectivity index (χ3v) is 5.74. The van der Waals surface area contributed by atoms with Crippen molar-refractivity contribution in [3.05, 3.63) is 17.5 Å². The van der Waals surface area contributed by atoms with Crippen LogP contribution in [0.4, 0.5) is 4.79 Å². The molecule has 1 saturated carbocycles. The lowest BCUT2D eigenvalue weighted by atomic mass is 9.94. The number of aryl methyl sites for hydroxylation is 1. The minimum atomic E-state index is -0.0752. The zero-order valence-corrected chi connectivity index (χ0v) is 15.1. The van der Waals surface area contributed by atoms with E-state index in [2.05, 4.69) is 20.6 Å². The minimum absolute atomic E-state index is 0.0752. The van der Waals surface area contributed by atoms with Crippen molar-refractivity contribution in [1.29, 1.82) is 0 Å².